The van der Waals surface area contributed by atoms with Crippen LogP contribution in [0.4, 0.5) is 24.0 Å². The molecule has 3 fully saturated rings. The van der Waals surface area contributed by atoms with Crippen LogP contribution in [0.15, 0.2) is 29.6 Å². The summed E-state index contributed by atoms with van der Waals surface area (Å²) in [6, 6.07) is 6.30. The Kier molecular flexibility index (Phi) is 10.2. The van der Waals surface area contributed by atoms with Crippen LogP contribution in [0.5, 0.6) is 0 Å². The molecular weight excluding hydrogens is 637 g/mol. The van der Waals surface area contributed by atoms with E-state index < -0.39 is 24.2 Å². The van der Waals surface area contributed by atoms with Crippen LogP contribution in [0.1, 0.15) is 80.2 Å². The van der Waals surface area contributed by atoms with Crippen LogP contribution < -0.4 is 10.2 Å². The van der Waals surface area contributed by atoms with E-state index in [2.05, 4.69) is 45.5 Å². The minimum absolute atomic E-state index is 0.00750. The Morgan fingerprint density at radius 3 is 2.60 bits per heavy atom. The minimum atomic E-state index is -5.08. The number of alkyl halides is 3. The van der Waals surface area contributed by atoms with Gasteiger partial charge in [0.05, 0.1) is 5.71 Å². The van der Waals surface area contributed by atoms with Gasteiger partial charge in [0.25, 0.3) is 0 Å². The highest BCUT2D eigenvalue weighted by Crippen LogP contribution is 2.62. The van der Waals surface area contributed by atoms with Gasteiger partial charge < -0.3 is 25.3 Å². The van der Waals surface area contributed by atoms with Crippen molar-refractivity contribution in [2.45, 2.75) is 89.8 Å². The number of carbonyl (C=O) groups is 3. The van der Waals surface area contributed by atoms with Crippen LogP contribution in [0, 0.1) is 30.1 Å². The number of carbonyl (C=O) groups excluding carboxylic acids is 1. The number of thiazole rings is 1. The second-order valence-corrected chi connectivity index (χ2v) is 14.4. The van der Waals surface area contributed by atoms with E-state index in [-0.39, 0.29) is 11.3 Å². The molecule has 2 saturated carbocycles. The zero-order valence-corrected chi connectivity index (χ0v) is 27.5. The number of nitrogens with one attached hydrogen (secondary N) is 1. The Balaban J connectivity index is 0.000000559. The predicted molar refractivity (Wildman–Crippen MR) is 171 cm³/mol. The summed E-state index contributed by atoms with van der Waals surface area (Å²) in [7, 11) is 1.64. The topological polar surface area (TPSA) is 141 Å². The molecule has 14 heteroatoms. The van der Waals surface area contributed by atoms with E-state index in [4.69, 9.17) is 14.7 Å². The van der Waals surface area contributed by atoms with Gasteiger partial charge in [0.1, 0.15) is 13.2 Å². The number of hydrogen-bond donors (Lipinski definition) is 3. The standard InChI is InChI=1S/C31H40N4O4S.C2HF3O2/c1-18-17-32-30(40-18)33-27(36)11-7-20-16-26(34-39-3)31(2)13-12-23-22-10-8-21(35-14-4-5-25(35)29(37)38)15-19(22)6-9-24(23)28(20)31;3-2(4,5)1(6)7/h8,10,15,17,20,23-25,28H,4-7,9,11-14,16H2,1-3H3,(H,37,38)(H,32,33,36);(H,6,7)/b34-26+;/t20-,23?,24?,25?,28?,31-;/m1./s1. The van der Waals surface area contributed by atoms with Gasteiger partial charge in [-0.2, -0.15) is 13.2 Å². The predicted octanol–water partition coefficient (Wildman–Crippen LogP) is 6.64. The summed E-state index contributed by atoms with van der Waals surface area (Å²) in [5.74, 6) is -1.58. The molecule has 10 nitrogen and oxygen atoms in total. The number of halogens is 3. The maximum Gasteiger partial charge on any atom is 0.490 e. The molecule has 1 aromatic heterocycles. The average Bonchev–Trinajstić information content (AvgIpc) is 3.73. The van der Waals surface area contributed by atoms with Crippen molar-refractivity contribution in [3.05, 3.63) is 40.4 Å². The smallest absolute Gasteiger partial charge is 0.480 e. The lowest BCUT2D eigenvalue weighted by atomic mass is 9.54. The third-order valence-corrected chi connectivity index (χ3v) is 11.3. The Morgan fingerprint density at radius 1 is 1.21 bits per heavy atom. The highest BCUT2D eigenvalue weighted by molar-refractivity contribution is 7.15. The first-order chi connectivity index (χ1) is 22.2. The van der Waals surface area contributed by atoms with Crippen molar-refractivity contribution in [2.75, 3.05) is 23.9 Å². The lowest BCUT2D eigenvalue weighted by Crippen LogP contribution is -2.44. The Bertz CT molecular complexity index is 1530. The Hall–Kier alpha value is -3.68. The number of oxime groups is 1. The second kappa shape index (κ2) is 13.8. The molecule has 3 aliphatic carbocycles. The minimum Gasteiger partial charge on any atom is -0.480 e. The number of anilines is 2. The van der Waals surface area contributed by atoms with Crippen molar-refractivity contribution in [1.82, 2.24) is 4.98 Å². The molecule has 0 radical (unpaired) electrons. The number of fused-ring (bicyclic) bond motifs is 5. The molecular formula is C33H41F3N4O6S. The first-order valence-corrected chi connectivity index (χ1v) is 16.8. The molecule has 1 saturated heterocycles. The molecule has 1 aromatic carbocycles. The Morgan fingerprint density at radius 2 is 1.96 bits per heavy atom. The van der Waals surface area contributed by atoms with Crippen molar-refractivity contribution in [1.29, 1.82) is 0 Å². The van der Waals surface area contributed by atoms with Gasteiger partial charge in [-0.05, 0) is 105 Å². The van der Waals surface area contributed by atoms with E-state index >= 15 is 0 Å². The highest BCUT2D eigenvalue weighted by Gasteiger charge is 2.57. The van der Waals surface area contributed by atoms with Crippen molar-refractivity contribution in [3.63, 3.8) is 0 Å². The van der Waals surface area contributed by atoms with Crippen LogP contribution in [-0.2, 0) is 25.6 Å². The summed E-state index contributed by atoms with van der Waals surface area (Å²) >= 11 is 1.51. The van der Waals surface area contributed by atoms with Crippen molar-refractivity contribution in [2.24, 2.45) is 28.3 Å². The largest absolute Gasteiger partial charge is 0.490 e. The normalized spacial score (nSPS) is 28.9. The van der Waals surface area contributed by atoms with Crippen LogP contribution in [0.25, 0.3) is 0 Å². The molecule has 1 aliphatic heterocycles. The van der Waals surface area contributed by atoms with Gasteiger partial charge in [-0.1, -0.05) is 18.1 Å². The molecule has 2 heterocycles. The first kappa shape index (κ1) is 34.6. The quantitative estimate of drug-likeness (QED) is 0.277. The lowest BCUT2D eigenvalue weighted by molar-refractivity contribution is -0.192. The van der Waals surface area contributed by atoms with Crippen LogP contribution in [0.3, 0.4) is 0 Å². The maximum atomic E-state index is 12.8. The van der Waals surface area contributed by atoms with Gasteiger partial charge in [0.15, 0.2) is 5.13 Å². The van der Waals surface area contributed by atoms with Gasteiger partial charge in [0.2, 0.25) is 5.91 Å². The van der Waals surface area contributed by atoms with Crippen LogP contribution in [-0.4, -0.2) is 64.6 Å². The number of carboxylic acid groups (broad SMARTS) is 2. The summed E-state index contributed by atoms with van der Waals surface area (Å²) in [6.07, 6.45) is 4.85. The Labute approximate surface area is 275 Å². The zero-order valence-electron chi connectivity index (χ0n) is 26.7. The summed E-state index contributed by atoms with van der Waals surface area (Å²) in [5.41, 5.74) is 5.04. The molecule has 4 unspecified atom stereocenters. The highest BCUT2D eigenvalue weighted by atomic mass is 32.1. The number of carboxylic acids is 2. The van der Waals surface area contributed by atoms with E-state index in [1.165, 1.54) is 22.5 Å². The third-order valence-electron chi connectivity index (χ3n) is 10.5. The second-order valence-electron chi connectivity index (χ2n) is 13.2. The van der Waals surface area contributed by atoms with Crippen LogP contribution in [0.2, 0.25) is 0 Å². The van der Waals surface area contributed by atoms with E-state index in [0.717, 1.165) is 67.8 Å². The molecule has 1 amide bonds. The van der Waals surface area contributed by atoms with E-state index in [0.29, 0.717) is 41.6 Å². The van der Waals surface area contributed by atoms with Gasteiger partial charge in [-0.25, -0.2) is 14.6 Å². The zero-order chi connectivity index (χ0) is 34.1. The third kappa shape index (κ3) is 7.26. The summed E-state index contributed by atoms with van der Waals surface area (Å²) in [6.45, 7) is 5.18. The molecule has 2 aromatic rings. The van der Waals surface area contributed by atoms with Crippen molar-refractivity contribution >= 4 is 45.7 Å². The molecule has 6 atom stereocenters. The van der Waals surface area contributed by atoms with E-state index in [9.17, 15) is 27.9 Å². The number of aliphatic carboxylic acids is 2. The molecule has 0 spiro atoms. The molecule has 4 aliphatic rings. The molecule has 6 rings (SSSR count). The van der Waals surface area contributed by atoms with Crippen molar-refractivity contribution in [3.8, 4) is 0 Å². The lowest BCUT2D eigenvalue weighted by Gasteiger charge is -2.50. The molecule has 3 N–H and O–H groups in total. The van der Waals surface area contributed by atoms with E-state index in [1.54, 1.807) is 13.3 Å². The van der Waals surface area contributed by atoms with E-state index in [1.807, 2.05) is 6.92 Å². The summed E-state index contributed by atoms with van der Waals surface area (Å²) in [4.78, 5) is 46.3. The van der Waals surface area contributed by atoms with Gasteiger partial charge >= 0.3 is 18.1 Å². The first-order valence-electron chi connectivity index (χ1n) is 16.0. The van der Waals surface area contributed by atoms with Crippen LogP contribution >= 0.6 is 11.3 Å². The summed E-state index contributed by atoms with van der Waals surface area (Å²) in [5, 5.41) is 25.0. The average molecular weight is 679 g/mol. The number of rotatable bonds is 7. The SMILES string of the molecule is CO/N=C1\C[C@@H](CCC(=O)Nc2ncc(C)s2)C2C3CCc4cc(N5CCCC5C(=O)O)ccc4C3CC[C@]12C.O=C(O)C(F)(F)F. The molecule has 256 valence electrons. The fourth-order valence-electron chi connectivity index (χ4n) is 8.59. The van der Waals surface area contributed by atoms with Gasteiger partial charge in [-0.3, -0.25) is 4.79 Å². The molecule has 0 bridgehead atoms. The number of amides is 1. The fraction of sp³-hybridized carbons (Fsp3) is 0.606. The monoisotopic (exact) mass is 678 g/mol. The van der Waals surface area contributed by atoms with Gasteiger partial charge in [-0.15, -0.1) is 11.3 Å². The van der Waals surface area contributed by atoms with Gasteiger partial charge in [0, 0.05) is 35.1 Å². The fourth-order valence-corrected chi connectivity index (χ4v) is 9.27. The maximum absolute atomic E-state index is 12.8. The number of hydrogen-bond acceptors (Lipinski definition) is 8. The number of nitrogens with zero attached hydrogens (tertiary/aromatic N) is 3. The number of aryl methyl sites for hydroxylation is 2. The number of aromatic nitrogens is 1. The summed E-state index contributed by atoms with van der Waals surface area (Å²) < 4.78 is 31.7. The molecule has 47 heavy (non-hydrogen) atoms. The number of benzene rings is 1. The van der Waals surface area contributed by atoms with Crippen molar-refractivity contribution < 1.29 is 42.6 Å².